The molecule has 0 aromatic heterocycles. The molecular formula is C16H14BrFO4. The smallest absolute Gasteiger partial charge is 0.338 e. The standard InChI is InChI=1S/C16H14BrFO4/c1-20-13-7-11(8-14(21-2)15(13)17)16(19)22-9-10-3-5-12(18)6-4-10/h3-8H,9H2,1-2H3. The molecule has 0 heterocycles. The molecule has 0 aliphatic rings. The Kier molecular flexibility index (Phi) is 5.38. The molecule has 116 valence electrons. The van der Waals surface area contributed by atoms with E-state index in [-0.39, 0.29) is 12.4 Å². The minimum Gasteiger partial charge on any atom is -0.495 e. The zero-order valence-electron chi connectivity index (χ0n) is 12.1. The molecule has 2 aromatic rings. The average Bonchev–Trinajstić information content (AvgIpc) is 2.54. The zero-order chi connectivity index (χ0) is 16.1. The maximum absolute atomic E-state index is 12.8. The maximum atomic E-state index is 12.8. The molecule has 0 saturated carbocycles. The largest absolute Gasteiger partial charge is 0.495 e. The predicted octanol–water partition coefficient (Wildman–Crippen LogP) is 3.96. The van der Waals surface area contributed by atoms with Gasteiger partial charge in [-0.1, -0.05) is 12.1 Å². The Labute approximate surface area is 135 Å². The maximum Gasteiger partial charge on any atom is 0.338 e. The second-order valence-corrected chi connectivity index (χ2v) is 5.19. The van der Waals surface area contributed by atoms with Gasteiger partial charge in [0.15, 0.2) is 0 Å². The molecule has 2 rings (SSSR count). The number of carbonyl (C=O) groups excluding carboxylic acids is 1. The van der Waals surface area contributed by atoms with E-state index in [0.29, 0.717) is 27.1 Å². The summed E-state index contributed by atoms with van der Waals surface area (Å²) in [6.45, 7) is 0.0554. The van der Waals surface area contributed by atoms with Crippen molar-refractivity contribution < 1.29 is 23.4 Å². The normalized spacial score (nSPS) is 10.2. The fraction of sp³-hybridized carbons (Fsp3) is 0.188. The molecule has 6 heteroatoms. The number of halogens is 2. The van der Waals surface area contributed by atoms with Gasteiger partial charge in [0, 0.05) is 0 Å². The van der Waals surface area contributed by atoms with Crippen molar-refractivity contribution in [2.45, 2.75) is 6.61 Å². The third-order valence-corrected chi connectivity index (χ3v) is 3.75. The molecule has 0 bridgehead atoms. The number of hydrogen-bond acceptors (Lipinski definition) is 4. The summed E-state index contributed by atoms with van der Waals surface area (Å²) in [4.78, 5) is 12.1. The second-order valence-electron chi connectivity index (χ2n) is 4.40. The first-order chi connectivity index (χ1) is 10.5. The molecule has 0 saturated heterocycles. The second kappa shape index (κ2) is 7.26. The van der Waals surface area contributed by atoms with Crippen molar-refractivity contribution in [3.8, 4) is 11.5 Å². The third kappa shape index (κ3) is 3.76. The van der Waals surface area contributed by atoms with Gasteiger partial charge in [0.2, 0.25) is 0 Å². The first kappa shape index (κ1) is 16.3. The highest BCUT2D eigenvalue weighted by Gasteiger charge is 2.15. The van der Waals surface area contributed by atoms with Gasteiger partial charge < -0.3 is 14.2 Å². The van der Waals surface area contributed by atoms with Crippen molar-refractivity contribution in [1.82, 2.24) is 0 Å². The van der Waals surface area contributed by atoms with Crippen LogP contribution in [0, 0.1) is 5.82 Å². The predicted molar refractivity (Wildman–Crippen MR) is 82.8 cm³/mol. The minimum absolute atomic E-state index is 0.0554. The fourth-order valence-corrected chi connectivity index (χ4v) is 2.35. The van der Waals surface area contributed by atoms with Gasteiger partial charge in [-0.05, 0) is 45.8 Å². The van der Waals surface area contributed by atoms with E-state index in [4.69, 9.17) is 14.2 Å². The highest BCUT2D eigenvalue weighted by molar-refractivity contribution is 9.10. The van der Waals surface area contributed by atoms with Crippen LogP contribution in [0.25, 0.3) is 0 Å². The van der Waals surface area contributed by atoms with E-state index in [2.05, 4.69) is 15.9 Å². The Balaban J connectivity index is 2.13. The first-order valence-corrected chi connectivity index (χ1v) is 7.17. The van der Waals surface area contributed by atoms with Crippen LogP contribution in [0.5, 0.6) is 11.5 Å². The van der Waals surface area contributed by atoms with Gasteiger partial charge in [0.1, 0.15) is 28.4 Å². The van der Waals surface area contributed by atoms with Crippen molar-refractivity contribution in [2.24, 2.45) is 0 Å². The first-order valence-electron chi connectivity index (χ1n) is 6.38. The molecule has 0 aliphatic heterocycles. The van der Waals surface area contributed by atoms with E-state index in [1.807, 2.05) is 0 Å². The fourth-order valence-electron chi connectivity index (χ4n) is 1.80. The van der Waals surface area contributed by atoms with Crippen LogP contribution in [0.3, 0.4) is 0 Å². The molecule has 22 heavy (non-hydrogen) atoms. The van der Waals surface area contributed by atoms with E-state index >= 15 is 0 Å². The minimum atomic E-state index is -0.520. The number of benzene rings is 2. The van der Waals surface area contributed by atoms with Crippen LogP contribution in [0.15, 0.2) is 40.9 Å². The van der Waals surface area contributed by atoms with Gasteiger partial charge in [-0.15, -0.1) is 0 Å². The van der Waals surface area contributed by atoms with E-state index in [1.165, 1.54) is 26.4 Å². The van der Waals surface area contributed by atoms with Gasteiger partial charge in [-0.2, -0.15) is 0 Å². The van der Waals surface area contributed by atoms with E-state index in [9.17, 15) is 9.18 Å². The van der Waals surface area contributed by atoms with Crippen LogP contribution >= 0.6 is 15.9 Å². The molecular weight excluding hydrogens is 355 g/mol. The SMILES string of the molecule is COc1cc(C(=O)OCc2ccc(F)cc2)cc(OC)c1Br. The van der Waals surface area contributed by atoms with Gasteiger partial charge in [-0.25, -0.2) is 9.18 Å². The monoisotopic (exact) mass is 368 g/mol. The molecule has 0 radical (unpaired) electrons. The molecule has 4 nitrogen and oxygen atoms in total. The van der Waals surface area contributed by atoms with Crippen LogP contribution in [-0.2, 0) is 11.3 Å². The Morgan fingerprint density at radius 1 is 1.09 bits per heavy atom. The van der Waals surface area contributed by atoms with E-state index in [0.717, 1.165) is 0 Å². The van der Waals surface area contributed by atoms with E-state index < -0.39 is 5.97 Å². The van der Waals surface area contributed by atoms with Crippen molar-refractivity contribution in [2.75, 3.05) is 14.2 Å². The number of esters is 1. The Morgan fingerprint density at radius 2 is 1.64 bits per heavy atom. The summed E-state index contributed by atoms with van der Waals surface area (Å²) in [7, 11) is 2.99. The lowest BCUT2D eigenvalue weighted by Gasteiger charge is -2.11. The lowest BCUT2D eigenvalue weighted by molar-refractivity contribution is 0.0472. The van der Waals surface area contributed by atoms with Crippen LogP contribution in [0.4, 0.5) is 4.39 Å². The van der Waals surface area contributed by atoms with Crippen molar-refractivity contribution in [3.05, 3.63) is 57.8 Å². The van der Waals surface area contributed by atoms with Crippen LogP contribution in [0.1, 0.15) is 15.9 Å². The highest BCUT2D eigenvalue weighted by atomic mass is 79.9. The Hall–Kier alpha value is -2.08. The Morgan fingerprint density at radius 3 is 2.14 bits per heavy atom. The van der Waals surface area contributed by atoms with Gasteiger partial charge in [0.05, 0.1) is 19.8 Å². The number of carbonyl (C=O) groups is 1. The molecule has 0 aliphatic carbocycles. The van der Waals surface area contributed by atoms with Gasteiger partial charge in [0.25, 0.3) is 0 Å². The van der Waals surface area contributed by atoms with Crippen LogP contribution in [-0.4, -0.2) is 20.2 Å². The average molecular weight is 369 g/mol. The summed E-state index contributed by atoms with van der Waals surface area (Å²) in [6, 6.07) is 8.86. The van der Waals surface area contributed by atoms with Gasteiger partial charge >= 0.3 is 5.97 Å². The molecule has 0 unspecified atom stereocenters. The summed E-state index contributed by atoms with van der Waals surface area (Å²) >= 11 is 3.33. The zero-order valence-corrected chi connectivity index (χ0v) is 13.6. The lowest BCUT2D eigenvalue weighted by atomic mass is 10.2. The summed E-state index contributed by atoms with van der Waals surface area (Å²) < 4.78 is 29.0. The van der Waals surface area contributed by atoms with E-state index in [1.54, 1.807) is 24.3 Å². The van der Waals surface area contributed by atoms with Crippen molar-refractivity contribution in [1.29, 1.82) is 0 Å². The van der Waals surface area contributed by atoms with Crippen LogP contribution in [0.2, 0.25) is 0 Å². The molecule has 0 atom stereocenters. The number of methoxy groups -OCH3 is 2. The summed E-state index contributed by atoms with van der Waals surface area (Å²) in [5, 5.41) is 0. The highest BCUT2D eigenvalue weighted by Crippen LogP contribution is 2.35. The topological polar surface area (TPSA) is 44.8 Å². The van der Waals surface area contributed by atoms with Crippen LogP contribution < -0.4 is 9.47 Å². The molecule has 0 fully saturated rings. The molecule has 0 amide bonds. The lowest BCUT2D eigenvalue weighted by Crippen LogP contribution is -2.06. The summed E-state index contributed by atoms with van der Waals surface area (Å²) in [5.74, 6) is 0.0760. The molecule has 0 spiro atoms. The van der Waals surface area contributed by atoms with Gasteiger partial charge in [-0.3, -0.25) is 0 Å². The van der Waals surface area contributed by atoms with Crippen molar-refractivity contribution in [3.63, 3.8) is 0 Å². The Bertz CT molecular complexity index is 645. The molecule has 0 N–H and O–H groups in total. The summed E-state index contributed by atoms with van der Waals surface area (Å²) in [6.07, 6.45) is 0. The quantitative estimate of drug-likeness (QED) is 0.749. The number of hydrogen-bond donors (Lipinski definition) is 0. The summed E-state index contributed by atoms with van der Waals surface area (Å²) in [5.41, 5.74) is 1.00. The molecule has 2 aromatic carbocycles. The number of ether oxygens (including phenoxy) is 3. The van der Waals surface area contributed by atoms with Crippen molar-refractivity contribution >= 4 is 21.9 Å². The number of rotatable bonds is 5. The third-order valence-electron chi connectivity index (χ3n) is 2.96.